The number of hydrogen-bond acceptors (Lipinski definition) is 4. The molecule has 0 radical (unpaired) electrons. The molecule has 0 bridgehead atoms. The highest BCUT2D eigenvalue weighted by atomic mass is 16.5. The number of amides is 1. The van der Waals surface area contributed by atoms with Gasteiger partial charge >= 0.3 is 0 Å². The number of benzene rings is 2. The normalized spacial score (nSPS) is 11.5. The maximum Gasteiger partial charge on any atom is 0.243 e. The minimum Gasteiger partial charge on any atom is -0.492 e. The molecule has 5 heteroatoms. The Morgan fingerprint density at radius 3 is 2.48 bits per heavy atom. The van der Waals surface area contributed by atoms with Gasteiger partial charge in [-0.25, -0.2) is 0 Å². The number of nitrogens with one attached hydrogen (secondary N) is 2. The number of anilines is 2. The van der Waals surface area contributed by atoms with Crippen molar-refractivity contribution in [3.8, 4) is 11.5 Å². The van der Waals surface area contributed by atoms with Crippen LogP contribution in [0.5, 0.6) is 11.5 Å². The van der Waals surface area contributed by atoms with Crippen molar-refractivity contribution in [1.29, 1.82) is 0 Å². The Morgan fingerprint density at radius 2 is 1.80 bits per heavy atom. The maximum absolute atomic E-state index is 12.1. The lowest BCUT2D eigenvalue weighted by Gasteiger charge is -2.14. The molecular weight excluding hydrogens is 316 g/mol. The van der Waals surface area contributed by atoms with E-state index in [2.05, 4.69) is 17.6 Å². The summed E-state index contributed by atoms with van der Waals surface area (Å²) >= 11 is 0. The van der Waals surface area contributed by atoms with Crippen LogP contribution < -0.4 is 20.1 Å². The van der Waals surface area contributed by atoms with Gasteiger partial charge in [-0.15, -0.1) is 0 Å². The van der Waals surface area contributed by atoms with Gasteiger partial charge in [0.15, 0.2) is 0 Å². The van der Waals surface area contributed by atoms with Crippen LogP contribution in [0.4, 0.5) is 11.4 Å². The molecule has 2 N–H and O–H groups in total. The largest absolute Gasteiger partial charge is 0.492 e. The zero-order chi connectivity index (χ0) is 18.1. The molecule has 1 unspecified atom stereocenters. The topological polar surface area (TPSA) is 59.6 Å². The third-order valence-electron chi connectivity index (χ3n) is 3.68. The van der Waals surface area contributed by atoms with Crippen LogP contribution in [0.3, 0.4) is 0 Å². The second-order valence-electron chi connectivity index (χ2n) is 5.69. The van der Waals surface area contributed by atoms with E-state index in [0.29, 0.717) is 6.61 Å². The molecule has 0 saturated heterocycles. The van der Waals surface area contributed by atoms with E-state index in [9.17, 15) is 4.79 Å². The molecule has 0 aliphatic carbocycles. The first-order valence-electron chi connectivity index (χ1n) is 8.64. The molecule has 2 aromatic rings. The molecule has 2 aromatic carbocycles. The predicted octanol–water partition coefficient (Wildman–Crippen LogP) is 4.31. The Morgan fingerprint density at radius 1 is 1.08 bits per heavy atom. The summed E-state index contributed by atoms with van der Waals surface area (Å²) in [4.78, 5) is 12.1. The Hall–Kier alpha value is -2.69. The van der Waals surface area contributed by atoms with E-state index in [4.69, 9.17) is 9.47 Å². The standard InChI is InChI=1S/C20H26N2O3/c1-4-15(3)25-17-12-10-16(11-13-17)22-20(23)14-21-18-8-6-7-9-19(18)24-5-2/h6-13,15,21H,4-5,14H2,1-3H3,(H,22,23). The summed E-state index contributed by atoms with van der Waals surface area (Å²) in [5.74, 6) is 1.42. The Balaban J connectivity index is 1.86. The Bertz CT molecular complexity index is 671. The van der Waals surface area contributed by atoms with E-state index >= 15 is 0 Å². The van der Waals surface area contributed by atoms with Crippen molar-refractivity contribution in [2.75, 3.05) is 23.8 Å². The number of para-hydroxylation sites is 2. The van der Waals surface area contributed by atoms with Crippen LogP contribution >= 0.6 is 0 Å². The number of carbonyl (C=O) groups excluding carboxylic acids is 1. The van der Waals surface area contributed by atoms with Crippen molar-refractivity contribution < 1.29 is 14.3 Å². The van der Waals surface area contributed by atoms with Gasteiger partial charge in [0.2, 0.25) is 5.91 Å². The van der Waals surface area contributed by atoms with Crippen molar-refractivity contribution in [2.45, 2.75) is 33.3 Å². The van der Waals surface area contributed by atoms with Gasteiger partial charge in [-0.3, -0.25) is 4.79 Å². The molecule has 134 valence electrons. The summed E-state index contributed by atoms with van der Waals surface area (Å²) < 4.78 is 11.3. The molecular formula is C20H26N2O3. The predicted molar refractivity (Wildman–Crippen MR) is 102 cm³/mol. The van der Waals surface area contributed by atoms with E-state index < -0.39 is 0 Å². The molecule has 0 saturated carbocycles. The van der Waals surface area contributed by atoms with Crippen LogP contribution in [0.2, 0.25) is 0 Å². The third-order valence-corrected chi connectivity index (χ3v) is 3.68. The molecule has 2 rings (SSSR count). The van der Waals surface area contributed by atoms with Gasteiger partial charge in [-0.1, -0.05) is 19.1 Å². The van der Waals surface area contributed by atoms with Crippen molar-refractivity contribution in [3.63, 3.8) is 0 Å². The highest BCUT2D eigenvalue weighted by molar-refractivity contribution is 5.94. The van der Waals surface area contributed by atoms with Crippen LogP contribution in [-0.4, -0.2) is 25.2 Å². The second kappa shape index (κ2) is 9.57. The van der Waals surface area contributed by atoms with Crippen molar-refractivity contribution >= 4 is 17.3 Å². The molecule has 5 nitrogen and oxygen atoms in total. The first-order chi connectivity index (χ1) is 12.1. The Kier molecular flexibility index (Phi) is 7.14. The monoisotopic (exact) mass is 342 g/mol. The number of carbonyl (C=O) groups is 1. The fourth-order valence-electron chi connectivity index (χ4n) is 2.21. The zero-order valence-electron chi connectivity index (χ0n) is 15.0. The molecule has 0 heterocycles. The number of rotatable bonds is 9. The van der Waals surface area contributed by atoms with Gasteiger partial charge in [-0.05, 0) is 56.7 Å². The summed E-state index contributed by atoms with van der Waals surface area (Å²) in [7, 11) is 0. The van der Waals surface area contributed by atoms with Crippen LogP contribution in [0, 0.1) is 0 Å². The second-order valence-corrected chi connectivity index (χ2v) is 5.69. The van der Waals surface area contributed by atoms with Crippen molar-refractivity contribution in [2.24, 2.45) is 0 Å². The summed E-state index contributed by atoms with van der Waals surface area (Å²) in [5.41, 5.74) is 1.54. The highest BCUT2D eigenvalue weighted by Gasteiger charge is 2.06. The fraction of sp³-hybridized carbons (Fsp3) is 0.350. The van der Waals surface area contributed by atoms with Gasteiger partial charge in [0.25, 0.3) is 0 Å². The summed E-state index contributed by atoms with van der Waals surface area (Å²) in [6.45, 7) is 6.78. The smallest absolute Gasteiger partial charge is 0.243 e. The summed E-state index contributed by atoms with van der Waals surface area (Å²) in [6, 6.07) is 15.0. The van der Waals surface area contributed by atoms with Crippen LogP contribution in [-0.2, 0) is 4.79 Å². The first-order valence-corrected chi connectivity index (χ1v) is 8.64. The van der Waals surface area contributed by atoms with Gasteiger partial charge < -0.3 is 20.1 Å². The highest BCUT2D eigenvalue weighted by Crippen LogP contribution is 2.23. The minimum absolute atomic E-state index is 0.123. The van der Waals surface area contributed by atoms with E-state index in [1.165, 1.54) is 0 Å². The van der Waals surface area contributed by atoms with Crippen LogP contribution in [0.15, 0.2) is 48.5 Å². The molecule has 1 amide bonds. The maximum atomic E-state index is 12.1. The van der Waals surface area contributed by atoms with Crippen molar-refractivity contribution in [3.05, 3.63) is 48.5 Å². The minimum atomic E-state index is -0.123. The molecule has 0 spiro atoms. The molecule has 25 heavy (non-hydrogen) atoms. The average Bonchev–Trinajstić information content (AvgIpc) is 2.63. The van der Waals surface area contributed by atoms with E-state index in [-0.39, 0.29) is 18.6 Å². The molecule has 0 aliphatic rings. The number of hydrogen-bond donors (Lipinski definition) is 2. The van der Waals surface area contributed by atoms with E-state index in [0.717, 1.165) is 29.3 Å². The molecule has 0 aliphatic heterocycles. The zero-order valence-corrected chi connectivity index (χ0v) is 15.0. The average molecular weight is 342 g/mol. The quantitative estimate of drug-likeness (QED) is 0.713. The molecule has 0 aromatic heterocycles. The van der Waals surface area contributed by atoms with E-state index in [1.807, 2.05) is 62.4 Å². The first kappa shape index (κ1) is 18.6. The lowest BCUT2D eigenvalue weighted by molar-refractivity contribution is -0.114. The Labute approximate surface area is 149 Å². The van der Waals surface area contributed by atoms with Gasteiger partial charge in [0, 0.05) is 5.69 Å². The summed E-state index contributed by atoms with van der Waals surface area (Å²) in [6.07, 6.45) is 1.13. The van der Waals surface area contributed by atoms with Crippen LogP contribution in [0.25, 0.3) is 0 Å². The van der Waals surface area contributed by atoms with Gasteiger partial charge in [-0.2, -0.15) is 0 Å². The summed E-state index contributed by atoms with van der Waals surface area (Å²) in [5, 5.41) is 5.96. The van der Waals surface area contributed by atoms with E-state index in [1.54, 1.807) is 0 Å². The molecule has 0 fully saturated rings. The third kappa shape index (κ3) is 6.03. The fourth-order valence-corrected chi connectivity index (χ4v) is 2.21. The van der Waals surface area contributed by atoms with Gasteiger partial charge in [0.1, 0.15) is 11.5 Å². The lowest BCUT2D eigenvalue weighted by Crippen LogP contribution is -2.22. The van der Waals surface area contributed by atoms with Gasteiger partial charge in [0.05, 0.1) is 24.9 Å². The SMILES string of the molecule is CCOc1ccccc1NCC(=O)Nc1ccc(OC(C)CC)cc1. The molecule has 1 atom stereocenters. The van der Waals surface area contributed by atoms with Crippen molar-refractivity contribution in [1.82, 2.24) is 0 Å². The lowest BCUT2D eigenvalue weighted by atomic mass is 10.2. The van der Waals surface area contributed by atoms with Crippen LogP contribution in [0.1, 0.15) is 27.2 Å². The number of ether oxygens (including phenoxy) is 2.